The third kappa shape index (κ3) is 3.20. The van der Waals surface area contributed by atoms with Gasteiger partial charge in [0.15, 0.2) is 6.54 Å². The summed E-state index contributed by atoms with van der Waals surface area (Å²) in [5.74, 6) is 0. The van der Waals surface area contributed by atoms with Gasteiger partial charge in [-0.15, -0.1) is 0 Å². The van der Waals surface area contributed by atoms with E-state index < -0.39 is 12.6 Å². The molecule has 0 saturated carbocycles. The predicted octanol–water partition coefficient (Wildman–Crippen LogP) is 0.513. The lowest BCUT2D eigenvalue weighted by Gasteiger charge is -1.69. The summed E-state index contributed by atoms with van der Waals surface area (Å²) in [5, 5.41) is 2.46. The second-order valence-electron chi connectivity index (χ2n) is 0.671. The lowest BCUT2D eigenvalue weighted by Crippen LogP contribution is -1.88. The molecule has 1 N–H and O–H groups in total. The van der Waals surface area contributed by atoms with Crippen LogP contribution in [0.2, 0.25) is 0 Å². The molecule has 0 atom stereocenters. The number of nitrogens with one attached hydrogen (secondary N) is 1. The molecule has 0 aliphatic rings. The van der Waals surface area contributed by atoms with Crippen molar-refractivity contribution in [3.05, 3.63) is 0 Å². The topological polar surface area (TPSA) is 53.3 Å². The van der Waals surface area contributed by atoms with E-state index in [9.17, 15) is 4.39 Å². The Balaban J connectivity index is 3.05. The first-order valence-corrected chi connectivity index (χ1v) is 1.29. The average molecular weight is 90.1 g/mol. The van der Waals surface area contributed by atoms with Crippen LogP contribution in [0.3, 0.4) is 0 Å². The summed E-state index contributed by atoms with van der Waals surface area (Å²) in [7, 11) is 0. The Morgan fingerprint density at radius 2 is 2.50 bits per heavy atom. The van der Waals surface area contributed by atoms with Crippen LogP contribution in [0.5, 0.6) is 0 Å². The molecule has 0 amide bonds. The van der Waals surface area contributed by atoms with E-state index in [1.54, 1.807) is 0 Å². The van der Waals surface area contributed by atoms with Crippen LogP contribution >= 0.6 is 0 Å². The quantitative estimate of drug-likeness (QED) is 0.390. The highest BCUT2D eigenvalue weighted by atomic mass is 19.1. The molecule has 0 aromatic heterocycles. The van der Waals surface area contributed by atoms with Crippen molar-refractivity contribution in [3.8, 4) is 0 Å². The maximum atomic E-state index is 10.8. The second-order valence-corrected chi connectivity index (χ2v) is 0.671. The molecule has 3 nitrogen and oxygen atoms in total. The molecule has 0 aliphatic heterocycles. The van der Waals surface area contributed by atoms with Gasteiger partial charge < -0.3 is 0 Å². The van der Waals surface area contributed by atoms with Gasteiger partial charge in [0.2, 0.25) is 0 Å². The summed E-state index contributed by atoms with van der Waals surface area (Å²) < 4.78 is 10.8. The molecule has 0 spiro atoms. The van der Waals surface area contributed by atoms with E-state index in [0.717, 1.165) is 0 Å². The molecule has 0 unspecified atom stereocenters. The Kier molecular flexibility index (Phi) is 2.11. The predicted molar refractivity (Wildman–Crippen MR) is 16.1 cm³/mol. The lowest BCUT2D eigenvalue weighted by atomic mass is 10.7. The third-order valence-corrected chi connectivity index (χ3v) is 0.203. The first-order chi connectivity index (χ1) is 2.77. The molecular formula is C2H3FN2O. The average Bonchev–Trinajstić information content (AvgIpc) is 1.35. The summed E-state index contributed by atoms with van der Waals surface area (Å²) in [5.41, 5.74) is 5.90. The number of nitrogens with zero attached hydrogens (tertiary/aromatic N) is 1. The van der Waals surface area contributed by atoms with Gasteiger partial charge in [0.25, 0.3) is 0 Å². The van der Waals surface area contributed by atoms with E-state index in [0.29, 0.717) is 0 Å². The van der Waals surface area contributed by atoms with E-state index in [1.165, 1.54) is 0 Å². The molecule has 34 valence electrons. The molecule has 0 aromatic carbocycles. The molecule has 0 bridgehead atoms. The minimum absolute atomic E-state index is 0.639. The van der Waals surface area contributed by atoms with Gasteiger partial charge in [0.05, 0.1) is 0 Å². The zero-order valence-corrected chi connectivity index (χ0v) is 2.94. The van der Waals surface area contributed by atoms with E-state index in [4.69, 9.17) is 10.3 Å². The molecule has 0 rings (SSSR count). The van der Waals surface area contributed by atoms with E-state index in [2.05, 4.69) is 5.11 Å². The highest BCUT2D eigenvalue weighted by Crippen LogP contribution is 1.70. The zero-order chi connectivity index (χ0) is 4.99. The van der Waals surface area contributed by atoms with Crippen molar-refractivity contribution in [3.63, 3.8) is 0 Å². The number of hydrogen-bond donors (Lipinski definition) is 1. The van der Waals surface area contributed by atoms with E-state index >= 15 is 0 Å². The standard InChI is InChI=1S/C2H3FN2O/c3-2(6)1-5-4/h4H,1H2. The van der Waals surface area contributed by atoms with Gasteiger partial charge >= 0.3 is 6.04 Å². The van der Waals surface area contributed by atoms with E-state index in [1.807, 2.05) is 0 Å². The molecule has 4 heteroatoms. The monoisotopic (exact) mass is 90.0 g/mol. The smallest absolute Gasteiger partial charge is 0.259 e. The largest absolute Gasteiger partial charge is 0.324 e. The molecule has 0 heterocycles. The Hall–Kier alpha value is -0.800. The van der Waals surface area contributed by atoms with Crippen LogP contribution in [0, 0.1) is 5.53 Å². The third-order valence-electron chi connectivity index (χ3n) is 0.203. The van der Waals surface area contributed by atoms with Gasteiger partial charge in [-0.2, -0.15) is 9.50 Å². The van der Waals surface area contributed by atoms with Crippen molar-refractivity contribution >= 4 is 6.04 Å². The Labute approximate surface area is 33.7 Å². The van der Waals surface area contributed by atoms with Crippen LogP contribution < -0.4 is 0 Å². The van der Waals surface area contributed by atoms with Gasteiger partial charge in [-0.1, -0.05) is 0 Å². The highest BCUT2D eigenvalue weighted by molar-refractivity contribution is 5.69. The van der Waals surface area contributed by atoms with Crippen molar-refractivity contribution in [2.45, 2.75) is 0 Å². The number of rotatable bonds is 2. The fourth-order valence-corrected chi connectivity index (χ4v) is 0.0622. The number of carbonyl (C=O) groups is 1. The van der Waals surface area contributed by atoms with Crippen LogP contribution in [-0.2, 0) is 4.79 Å². The van der Waals surface area contributed by atoms with Crippen LogP contribution in [0.1, 0.15) is 0 Å². The first kappa shape index (κ1) is 5.20. The lowest BCUT2D eigenvalue weighted by molar-refractivity contribution is -0.127. The van der Waals surface area contributed by atoms with Gasteiger partial charge in [-0.05, 0) is 0 Å². The van der Waals surface area contributed by atoms with Gasteiger partial charge in [0, 0.05) is 0 Å². The van der Waals surface area contributed by atoms with Crippen molar-refractivity contribution in [2.24, 2.45) is 5.11 Å². The van der Waals surface area contributed by atoms with Crippen LogP contribution in [0.25, 0.3) is 0 Å². The maximum absolute atomic E-state index is 10.8. The summed E-state index contributed by atoms with van der Waals surface area (Å²) in [6.07, 6.45) is 0. The van der Waals surface area contributed by atoms with Crippen LogP contribution in [0.15, 0.2) is 5.11 Å². The zero-order valence-electron chi connectivity index (χ0n) is 2.94. The number of halogens is 1. The minimum Gasteiger partial charge on any atom is -0.259 e. The normalized spacial score (nSPS) is 7.50. The van der Waals surface area contributed by atoms with Crippen molar-refractivity contribution in [2.75, 3.05) is 6.54 Å². The number of hydrogen-bond acceptors (Lipinski definition) is 3. The maximum Gasteiger partial charge on any atom is 0.324 e. The van der Waals surface area contributed by atoms with Crippen molar-refractivity contribution in [1.29, 1.82) is 5.53 Å². The molecular weight excluding hydrogens is 87.0 g/mol. The van der Waals surface area contributed by atoms with Gasteiger partial charge in [0.1, 0.15) is 0 Å². The fraction of sp³-hybridized carbons (Fsp3) is 0.500. The molecule has 6 heavy (non-hydrogen) atoms. The van der Waals surface area contributed by atoms with E-state index in [-0.39, 0.29) is 0 Å². The summed E-state index contributed by atoms with van der Waals surface area (Å²) >= 11 is 0. The second kappa shape index (κ2) is 2.44. The van der Waals surface area contributed by atoms with Gasteiger partial charge in [-0.25, -0.2) is 5.53 Å². The molecule has 0 aliphatic carbocycles. The first-order valence-electron chi connectivity index (χ1n) is 1.29. The SMILES string of the molecule is N=NCC(=O)F. The van der Waals surface area contributed by atoms with Crippen molar-refractivity contribution < 1.29 is 9.18 Å². The molecule has 0 saturated heterocycles. The molecule has 0 aromatic rings. The Bertz CT molecular complexity index is 71.9. The highest BCUT2D eigenvalue weighted by Gasteiger charge is 1.89. The van der Waals surface area contributed by atoms with Gasteiger partial charge in [-0.3, -0.25) is 4.79 Å². The Morgan fingerprint density at radius 1 is 2.00 bits per heavy atom. The van der Waals surface area contributed by atoms with Crippen LogP contribution in [-0.4, -0.2) is 12.6 Å². The van der Waals surface area contributed by atoms with Crippen molar-refractivity contribution in [1.82, 2.24) is 0 Å². The fourth-order valence-electron chi connectivity index (χ4n) is 0.0622. The minimum atomic E-state index is -1.56. The molecule has 0 radical (unpaired) electrons. The Morgan fingerprint density at radius 3 is 2.50 bits per heavy atom. The summed E-state index contributed by atoms with van der Waals surface area (Å²) in [4.78, 5) is 9.16. The molecule has 0 fully saturated rings. The summed E-state index contributed by atoms with van der Waals surface area (Å²) in [6.45, 7) is -0.639. The number of carbonyl (C=O) groups excluding carboxylic acids is 1. The van der Waals surface area contributed by atoms with Crippen LogP contribution in [0.4, 0.5) is 4.39 Å². The summed E-state index contributed by atoms with van der Waals surface area (Å²) in [6, 6.07) is -1.56.